The van der Waals surface area contributed by atoms with Crippen LogP contribution in [-0.4, -0.2) is 45.9 Å². The van der Waals surface area contributed by atoms with Gasteiger partial charge in [-0.3, -0.25) is 4.90 Å². The van der Waals surface area contributed by atoms with Crippen LogP contribution < -0.4 is 5.63 Å². The van der Waals surface area contributed by atoms with Crippen molar-refractivity contribution in [3.05, 3.63) is 57.4 Å². The lowest BCUT2D eigenvalue weighted by Gasteiger charge is -2.27. The molecule has 7 heteroatoms. The van der Waals surface area contributed by atoms with Crippen molar-refractivity contribution >= 4 is 21.8 Å². The number of hydrogen-bond donors (Lipinski definition) is 1. The third-order valence-corrected chi connectivity index (χ3v) is 6.48. The molecule has 7 nitrogen and oxygen atoms in total. The molecule has 0 saturated carbocycles. The van der Waals surface area contributed by atoms with Crippen LogP contribution in [0.4, 0.5) is 0 Å². The number of morpholine rings is 1. The van der Waals surface area contributed by atoms with Gasteiger partial charge in [-0.05, 0) is 42.5 Å². The molecule has 1 N–H and O–H groups in total. The first-order valence-electron chi connectivity index (χ1n) is 11.0. The second kappa shape index (κ2) is 8.07. The molecule has 4 aromatic rings. The van der Waals surface area contributed by atoms with Crippen LogP contribution in [0.3, 0.4) is 0 Å². The molecule has 3 heterocycles. The topological polar surface area (TPSA) is 80.7 Å². The zero-order chi connectivity index (χ0) is 22.4. The van der Waals surface area contributed by atoms with E-state index in [0.717, 1.165) is 40.6 Å². The van der Waals surface area contributed by atoms with Gasteiger partial charge in [-0.25, -0.2) is 9.78 Å². The second-order valence-electron chi connectivity index (χ2n) is 8.35. The van der Waals surface area contributed by atoms with E-state index in [1.54, 1.807) is 0 Å². The zero-order valence-electron chi connectivity index (χ0n) is 18.6. The molecule has 0 atom stereocenters. The van der Waals surface area contributed by atoms with Crippen LogP contribution in [0.15, 0.2) is 39.5 Å². The number of aromatic nitrogens is 2. The molecule has 0 unspecified atom stereocenters. The average molecular weight is 434 g/mol. The fourth-order valence-corrected chi connectivity index (χ4v) is 4.63. The Morgan fingerprint density at radius 3 is 2.66 bits per heavy atom. The molecule has 1 saturated heterocycles. The first-order chi connectivity index (χ1) is 15.5. The summed E-state index contributed by atoms with van der Waals surface area (Å²) in [5.74, 6) is 1.27. The fraction of sp³-hybridized carbons (Fsp3) is 0.360. The molecule has 166 valence electrons. The lowest BCUT2D eigenvalue weighted by Crippen LogP contribution is -2.36. The van der Waals surface area contributed by atoms with Gasteiger partial charge in [0.15, 0.2) is 11.6 Å². The number of aromatic hydroxyl groups is 1. The molecule has 1 aliphatic rings. The van der Waals surface area contributed by atoms with Crippen LogP contribution >= 0.6 is 0 Å². The highest BCUT2D eigenvalue weighted by Gasteiger charge is 2.24. The third kappa shape index (κ3) is 3.29. The standard InChI is InChI=1S/C25H27N3O4/c1-4-16-13-17-15(2)23(24-26-19-7-5-6-8-20(19)27(24)3)32-25(30)21(17)18(22(16)29)14-28-9-11-31-12-10-28/h5-8,13,29H,4,9-12,14H2,1-3H3. The number of phenolic OH excluding ortho intramolecular Hbond substituents is 1. The van der Waals surface area contributed by atoms with Gasteiger partial charge in [-0.2, -0.15) is 0 Å². The number of aryl methyl sites for hydroxylation is 3. The highest BCUT2D eigenvalue weighted by molar-refractivity contribution is 5.93. The molecule has 1 fully saturated rings. The highest BCUT2D eigenvalue weighted by Crippen LogP contribution is 2.36. The molecule has 0 amide bonds. The Morgan fingerprint density at radius 2 is 1.94 bits per heavy atom. The molecule has 32 heavy (non-hydrogen) atoms. The van der Waals surface area contributed by atoms with Crippen molar-refractivity contribution < 1.29 is 14.3 Å². The van der Waals surface area contributed by atoms with Crippen LogP contribution in [0.5, 0.6) is 5.75 Å². The van der Waals surface area contributed by atoms with E-state index in [1.807, 2.05) is 55.8 Å². The van der Waals surface area contributed by atoms with Crippen molar-refractivity contribution in [2.45, 2.75) is 26.8 Å². The predicted octanol–water partition coefficient (Wildman–Crippen LogP) is 3.76. The van der Waals surface area contributed by atoms with Crippen LogP contribution in [0.2, 0.25) is 0 Å². The van der Waals surface area contributed by atoms with Gasteiger partial charge in [0.2, 0.25) is 0 Å². The Morgan fingerprint density at radius 1 is 1.19 bits per heavy atom. The maximum absolute atomic E-state index is 13.3. The van der Waals surface area contributed by atoms with E-state index in [9.17, 15) is 9.90 Å². The van der Waals surface area contributed by atoms with Gasteiger partial charge < -0.3 is 18.8 Å². The molecule has 0 spiro atoms. The minimum Gasteiger partial charge on any atom is -0.507 e. The maximum atomic E-state index is 13.3. The van der Waals surface area contributed by atoms with E-state index in [2.05, 4.69) is 4.90 Å². The zero-order valence-corrected chi connectivity index (χ0v) is 18.6. The Hall–Kier alpha value is -3.16. The van der Waals surface area contributed by atoms with Gasteiger partial charge in [-0.15, -0.1) is 0 Å². The molecule has 5 rings (SSSR count). The van der Waals surface area contributed by atoms with Crippen LogP contribution in [0.25, 0.3) is 33.4 Å². The van der Waals surface area contributed by atoms with Gasteiger partial charge in [-0.1, -0.05) is 19.1 Å². The number of imidazole rings is 1. The lowest BCUT2D eigenvalue weighted by atomic mass is 9.95. The summed E-state index contributed by atoms with van der Waals surface area (Å²) in [6.07, 6.45) is 0.666. The van der Waals surface area contributed by atoms with Crippen LogP contribution in [-0.2, 0) is 24.8 Å². The van der Waals surface area contributed by atoms with Crippen molar-refractivity contribution in [3.63, 3.8) is 0 Å². The summed E-state index contributed by atoms with van der Waals surface area (Å²) in [5, 5.41) is 12.3. The summed E-state index contributed by atoms with van der Waals surface area (Å²) >= 11 is 0. The predicted molar refractivity (Wildman–Crippen MR) is 124 cm³/mol. The Labute approximate surface area is 185 Å². The molecule has 2 aromatic heterocycles. The summed E-state index contributed by atoms with van der Waals surface area (Å²) in [6.45, 7) is 7.27. The van der Waals surface area contributed by atoms with Crippen molar-refractivity contribution in [3.8, 4) is 17.3 Å². The van der Waals surface area contributed by atoms with E-state index in [4.69, 9.17) is 14.1 Å². The Bertz CT molecular complexity index is 1380. The number of hydrogen-bond acceptors (Lipinski definition) is 6. The van der Waals surface area contributed by atoms with Crippen molar-refractivity contribution in [1.82, 2.24) is 14.5 Å². The van der Waals surface area contributed by atoms with Crippen LogP contribution in [0, 0.1) is 6.92 Å². The van der Waals surface area contributed by atoms with Gasteiger partial charge in [0.05, 0.1) is 29.6 Å². The van der Waals surface area contributed by atoms with E-state index in [0.29, 0.717) is 48.7 Å². The second-order valence-corrected chi connectivity index (χ2v) is 8.35. The number of para-hydroxylation sites is 2. The smallest absolute Gasteiger partial charge is 0.344 e. The summed E-state index contributed by atoms with van der Waals surface area (Å²) in [4.78, 5) is 20.2. The monoisotopic (exact) mass is 433 g/mol. The molecule has 1 aliphatic heterocycles. The molecular formula is C25H27N3O4. The fourth-order valence-electron chi connectivity index (χ4n) is 4.63. The van der Waals surface area contributed by atoms with Gasteiger partial charge >= 0.3 is 5.63 Å². The van der Waals surface area contributed by atoms with Crippen molar-refractivity contribution in [1.29, 1.82) is 0 Å². The number of phenols is 1. The summed E-state index contributed by atoms with van der Waals surface area (Å²) in [7, 11) is 1.92. The lowest BCUT2D eigenvalue weighted by molar-refractivity contribution is 0.0340. The molecule has 0 bridgehead atoms. The number of ether oxygens (including phenoxy) is 1. The normalized spacial score (nSPS) is 15.1. The average Bonchev–Trinajstić information content (AvgIpc) is 3.14. The van der Waals surface area contributed by atoms with E-state index in [1.165, 1.54) is 0 Å². The largest absolute Gasteiger partial charge is 0.507 e. The number of nitrogens with zero attached hydrogens (tertiary/aromatic N) is 3. The molecular weight excluding hydrogens is 406 g/mol. The minimum atomic E-state index is -0.450. The highest BCUT2D eigenvalue weighted by atomic mass is 16.5. The van der Waals surface area contributed by atoms with E-state index >= 15 is 0 Å². The van der Waals surface area contributed by atoms with Gasteiger partial charge in [0, 0.05) is 37.8 Å². The number of fused-ring (bicyclic) bond motifs is 2. The Kier molecular flexibility index (Phi) is 5.23. The van der Waals surface area contributed by atoms with E-state index < -0.39 is 5.63 Å². The quantitative estimate of drug-likeness (QED) is 0.528. The summed E-state index contributed by atoms with van der Waals surface area (Å²) in [6, 6.07) is 9.77. The number of rotatable bonds is 4. The van der Waals surface area contributed by atoms with E-state index in [-0.39, 0.29) is 5.75 Å². The SMILES string of the molecule is CCc1cc2c(C)c(-c3nc4ccccc4n3C)oc(=O)c2c(CN2CCOCC2)c1O. The Balaban J connectivity index is 1.75. The van der Waals surface area contributed by atoms with Crippen molar-refractivity contribution in [2.75, 3.05) is 26.3 Å². The van der Waals surface area contributed by atoms with Gasteiger partial charge in [0.1, 0.15) is 5.75 Å². The molecule has 2 aromatic carbocycles. The first-order valence-corrected chi connectivity index (χ1v) is 11.0. The summed E-state index contributed by atoms with van der Waals surface area (Å²) < 4.78 is 13.3. The first kappa shape index (κ1) is 20.7. The summed E-state index contributed by atoms with van der Waals surface area (Å²) in [5.41, 5.74) is 3.67. The third-order valence-electron chi connectivity index (χ3n) is 6.48. The van der Waals surface area contributed by atoms with Gasteiger partial charge in [0.25, 0.3) is 0 Å². The maximum Gasteiger partial charge on any atom is 0.344 e. The molecule has 0 radical (unpaired) electrons. The van der Waals surface area contributed by atoms with Crippen LogP contribution in [0.1, 0.15) is 23.6 Å². The number of benzene rings is 2. The minimum absolute atomic E-state index is 0.189. The van der Waals surface area contributed by atoms with Crippen molar-refractivity contribution in [2.24, 2.45) is 7.05 Å². The molecule has 0 aliphatic carbocycles.